The van der Waals surface area contributed by atoms with Crippen LogP contribution in [0.25, 0.3) is 5.65 Å². The Hall–Kier alpha value is -2.80. The molecule has 1 aliphatic heterocycles. The van der Waals surface area contributed by atoms with Gasteiger partial charge in [-0.25, -0.2) is 4.39 Å². The summed E-state index contributed by atoms with van der Waals surface area (Å²) in [5, 5.41) is 8.64. The number of likely N-dealkylation sites (N-methyl/N-ethyl adjacent to an activating group) is 1. The Labute approximate surface area is 170 Å². The first-order chi connectivity index (χ1) is 14.0. The van der Waals surface area contributed by atoms with Gasteiger partial charge in [0.25, 0.3) is 0 Å². The molecule has 0 spiro atoms. The predicted molar refractivity (Wildman–Crippen MR) is 109 cm³/mol. The van der Waals surface area contributed by atoms with Crippen LogP contribution in [0, 0.1) is 5.82 Å². The van der Waals surface area contributed by atoms with E-state index < -0.39 is 0 Å². The van der Waals surface area contributed by atoms with Crippen molar-refractivity contribution >= 4 is 11.6 Å². The van der Waals surface area contributed by atoms with Crippen LogP contribution in [0.15, 0.2) is 48.7 Å². The smallest absolute Gasteiger partial charge is 0.236 e. The molecule has 0 bridgehead atoms. The van der Waals surface area contributed by atoms with Crippen molar-refractivity contribution in [3.8, 4) is 0 Å². The highest BCUT2D eigenvalue weighted by Crippen LogP contribution is 2.27. The van der Waals surface area contributed by atoms with E-state index in [2.05, 4.69) is 19.5 Å². The number of hydrogen-bond acceptors (Lipinski definition) is 4. The Bertz CT molecular complexity index is 978. The molecule has 1 amide bonds. The molecule has 29 heavy (non-hydrogen) atoms. The molecule has 0 aliphatic carbocycles. The van der Waals surface area contributed by atoms with Crippen molar-refractivity contribution in [1.29, 1.82) is 0 Å². The lowest BCUT2D eigenvalue weighted by atomic mass is 9.96. The minimum atomic E-state index is -0.266. The lowest BCUT2D eigenvalue weighted by Crippen LogP contribution is -2.42. The van der Waals surface area contributed by atoms with Crippen molar-refractivity contribution in [2.24, 2.45) is 0 Å². The fourth-order valence-electron chi connectivity index (χ4n) is 3.97. The van der Waals surface area contributed by atoms with Gasteiger partial charge >= 0.3 is 0 Å². The molecule has 4 rings (SSSR count). The second-order valence-electron chi connectivity index (χ2n) is 7.77. The Morgan fingerprint density at radius 2 is 1.90 bits per heavy atom. The predicted octanol–water partition coefficient (Wildman–Crippen LogP) is 3.27. The molecule has 1 fully saturated rings. The first-order valence-corrected chi connectivity index (χ1v) is 10.1. The van der Waals surface area contributed by atoms with E-state index in [0.29, 0.717) is 12.5 Å². The van der Waals surface area contributed by atoms with Crippen LogP contribution in [0.2, 0.25) is 0 Å². The first-order valence-electron chi connectivity index (χ1n) is 10.1. The normalized spacial score (nSPS) is 16.8. The fraction of sp³-hybridized carbons (Fsp3) is 0.409. The Morgan fingerprint density at radius 3 is 2.62 bits per heavy atom. The number of carbonyl (C=O) groups excluding carboxylic acids is 1. The van der Waals surface area contributed by atoms with Gasteiger partial charge in [-0.3, -0.25) is 14.1 Å². The molecule has 1 saturated heterocycles. The summed E-state index contributed by atoms with van der Waals surface area (Å²) in [6.07, 6.45) is 3.92. The van der Waals surface area contributed by atoms with Crippen LogP contribution >= 0.6 is 0 Å². The molecule has 0 N–H and O–H groups in total. The maximum Gasteiger partial charge on any atom is 0.236 e. The van der Waals surface area contributed by atoms with Gasteiger partial charge in [-0.1, -0.05) is 18.2 Å². The largest absolute Gasteiger partial charge is 0.338 e. The molecule has 0 radical (unpaired) electrons. The summed E-state index contributed by atoms with van der Waals surface area (Å²) >= 11 is 0. The van der Waals surface area contributed by atoms with Crippen molar-refractivity contribution in [2.45, 2.75) is 31.7 Å². The number of likely N-dealkylation sites (tertiary alicyclic amines) is 1. The van der Waals surface area contributed by atoms with E-state index in [0.717, 1.165) is 43.0 Å². The van der Waals surface area contributed by atoms with E-state index in [4.69, 9.17) is 0 Å². The zero-order valence-corrected chi connectivity index (χ0v) is 16.8. The molecule has 1 atom stereocenters. The average molecular weight is 395 g/mol. The van der Waals surface area contributed by atoms with Gasteiger partial charge in [-0.05, 0) is 62.7 Å². The van der Waals surface area contributed by atoms with Crippen LogP contribution in [0.5, 0.6) is 0 Å². The van der Waals surface area contributed by atoms with E-state index in [9.17, 15) is 9.18 Å². The summed E-state index contributed by atoms with van der Waals surface area (Å²) in [6.45, 7) is 4.08. The molecule has 2 aromatic heterocycles. The minimum Gasteiger partial charge on any atom is -0.338 e. The summed E-state index contributed by atoms with van der Waals surface area (Å²) in [5.41, 5.74) is 1.80. The van der Waals surface area contributed by atoms with Crippen molar-refractivity contribution in [1.82, 2.24) is 24.4 Å². The van der Waals surface area contributed by atoms with Crippen molar-refractivity contribution in [3.05, 3.63) is 65.9 Å². The van der Waals surface area contributed by atoms with Crippen molar-refractivity contribution < 1.29 is 9.18 Å². The monoisotopic (exact) mass is 395 g/mol. The topological polar surface area (TPSA) is 53.7 Å². The maximum absolute atomic E-state index is 13.1. The van der Waals surface area contributed by atoms with Crippen LogP contribution in [0.4, 0.5) is 4.39 Å². The van der Waals surface area contributed by atoms with Crippen LogP contribution in [-0.2, 0) is 4.79 Å². The Balaban J connectivity index is 1.33. The summed E-state index contributed by atoms with van der Waals surface area (Å²) < 4.78 is 15.2. The van der Waals surface area contributed by atoms with Crippen molar-refractivity contribution in [2.75, 3.05) is 26.7 Å². The molecule has 6 nitrogen and oxygen atoms in total. The minimum absolute atomic E-state index is 0.0770. The third kappa shape index (κ3) is 4.15. The molecule has 152 valence electrons. The number of fused-ring (bicyclic) bond motifs is 1. The molecular weight excluding hydrogens is 369 g/mol. The molecule has 3 aromatic rings. The van der Waals surface area contributed by atoms with Gasteiger partial charge in [-0.2, -0.15) is 0 Å². The molecule has 7 heteroatoms. The molecule has 1 aromatic carbocycles. The highest BCUT2D eigenvalue weighted by Gasteiger charge is 2.27. The third-order valence-corrected chi connectivity index (χ3v) is 5.98. The number of aromatic nitrogens is 3. The Morgan fingerprint density at radius 1 is 1.17 bits per heavy atom. The molecule has 0 saturated carbocycles. The number of piperidine rings is 1. The number of benzene rings is 1. The second-order valence-corrected chi connectivity index (χ2v) is 7.77. The van der Waals surface area contributed by atoms with Gasteiger partial charge < -0.3 is 4.90 Å². The summed E-state index contributed by atoms with van der Waals surface area (Å²) in [7, 11) is 1.81. The summed E-state index contributed by atoms with van der Waals surface area (Å²) in [4.78, 5) is 16.7. The van der Waals surface area contributed by atoms with E-state index in [1.165, 1.54) is 12.1 Å². The number of halogens is 1. The SMILES string of the molecule is CC(c1ccc(F)cc1)N(C)C(=O)CN1CCC(c2nnc3ccccn23)CC1. The second kappa shape index (κ2) is 8.29. The molecule has 1 aliphatic rings. The number of hydrogen-bond donors (Lipinski definition) is 0. The molecular formula is C22H26FN5O. The van der Waals surface area contributed by atoms with E-state index >= 15 is 0 Å². The van der Waals surface area contributed by atoms with Gasteiger partial charge in [0.1, 0.15) is 11.6 Å². The van der Waals surface area contributed by atoms with Gasteiger partial charge in [0, 0.05) is 19.2 Å². The maximum atomic E-state index is 13.1. The Kier molecular flexibility index (Phi) is 5.58. The summed E-state index contributed by atoms with van der Waals surface area (Å²) in [5.74, 6) is 1.18. The summed E-state index contributed by atoms with van der Waals surface area (Å²) in [6, 6.07) is 12.2. The van der Waals surface area contributed by atoms with E-state index in [1.807, 2.05) is 38.4 Å². The van der Waals surface area contributed by atoms with Gasteiger partial charge in [-0.15, -0.1) is 10.2 Å². The standard InChI is InChI=1S/C22H26FN5O/c1-16(17-6-8-19(23)9-7-17)26(2)21(29)15-27-13-10-18(11-14-27)22-25-24-20-5-3-4-12-28(20)22/h3-9,12,16,18H,10-11,13-15H2,1-2H3. The number of pyridine rings is 1. The van der Waals surface area contributed by atoms with Crippen LogP contribution < -0.4 is 0 Å². The van der Waals surface area contributed by atoms with E-state index in [1.54, 1.807) is 17.0 Å². The van der Waals surface area contributed by atoms with Gasteiger partial charge in [0.15, 0.2) is 5.65 Å². The molecule has 3 heterocycles. The first kappa shape index (κ1) is 19.5. The number of nitrogens with zero attached hydrogens (tertiary/aromatic N) is 5. The number of rotatable bonds is 5. The van der Waals surface area contributed by atoms with E-state index in [-0.39, 0.29) is 17.8 Å². The van der Waals surface area contributed by atoms with Gasteiger partial charge in [0.2, 0.25) is 5.91 Å². The highest BCUT2D eigenvalue weighted by molar-refractivity contribution is 5.78. The fourth-order valence-corrected chi connectivity index (χ4v) is 3.97. The number of carbonyl (C=O) groups is 1. The lowest BCUT2D eigenvalue weighted by molar-refractivity contribution is -0.133. The molecule has 1 unspecified atom stereocenters. The zero-order chi connectivity index (χ0) is 20.4. The quantitative estimate of drug-likeness (QED) is 0.665. The third-order valence-electron chi connectivity index (χ3n) is 5.98. The lowest BCUT2D eigenvalue weighted by Gasteiger charge is -2.33. The zero-order valence-electron chi connectivity index (χ0n) is 16.8. The highest BCUT2D eigenvalue weighted by atomic mass is 19.1. The average Bonchev–Trinajstić information content (AvgIpc) is 3.18. The van der Waals surface area contributed by atoms with Gasteiger partial charge in [0.05, 0.1) is 12.6 Å². The number of amides is 1. The van der Waals surface area contributed by atoms with Crippen LogP contribution in [0.3, 0.4) is 0 Å². The van der Waals surface area contributed by atoms with Crippen molar-refractivity contribution in [3.63, 3.8) is 0 Å². The van der Waals surface area contributed by atoms with Crippen LogP contribution in [-0.4, -0.2) is 57.0 Å². The van der Waals surface area contributed by atoms with Crippen LogP contribution in [0.1, 0.15) is 43.1 Å².